The smallest absolute Gasteiger partial charge is 0.221 e. The van der Waals surface area contributed by atoms with E-state index in [0.717, 1.165) is 39.6 Å². The number of aromatic nitrogens is 2. The van der Waals surface area contributed by atoms with Gasteiger partial charge in [-0.25, -0.2) is 0 Å². The van der Waals surface area contributed by atoms with Gasteiger partial charge in [-0.1, -0.05) is 23.7 Å². The first-order valence-electron chi connectivity index (χ1n) is 12.6. The molecule has 1 saturated heterocycles. The maximum atomic E-state index is 12.0. The minimum absolute atomic E-state index is 0.184. The van der Waals surface area contributed by atoms with E-state index in [4.69, 9.17) is 33.5 Å². The van der Waals surface area contributed by atoms with E-state index >= 15 is 0 Å². The zero-order valence-electron chi connectivity index (χ0n) is 22.4. The van der Waals surface area contributed by atoms with Crippen LogP contribution < -0.4 is 20.3 Å². The van der Waals surface area contributed by atoms with Crippen molar-refractivity contribution in [1.82, 2.24) is 14.9 Å². The average Bonchev–Trinajstić information content (AvgIpc) is 3.36. The largest absolute Gasteiger partial charge is 0.495 e. The van der Waals surface area contributed by atoms with Gasteiger partial charge in [0.1, 0.15) is 5.75 Å². The number of hydrogen-bond acceptors (Lipinski definition) is 4. The first-order valence-corrected chi connectivity index (χ1v) is 13.4. The number of hydrogen-bond donors (Lipinski definition) is 2. The first-order chi connectivity index (χ1) is 18.7. The van der Waals surface area contributed by atoms with Crippen LogP contribution in [0.1, 0.15) is 47.2 Å². The third kappa shape index (κ3) is 4.86. The number of methoxy groups -OCH3 is 1. The molecule has 1 amide bonds. The Kier molecular flexibility index (Phi) is 7.34. The maximum absolute atomic E-state index is 12.0. The van der Waals surface area contributed by atoms with Crippen LogP contribution in [-0.2, 0) is 4.79 Å². The van der Waals surface area contributed by atoms with Gasteiger partial charge in [0.25, 0.3) is 0 Å². The predicted molar refractivity (Wildman–Crippen MR) is 160 cm³/mol. The molecule has 2 N–H and O–H groups in total. The van der Waals surface area contributed by atoms with Crippen LogP contribution in [0.15, 0.2) is 66.9 Å². The Morgan fingerprint density at radius 3 is 2.51 bits per heavy atom. The highest BCUT2D eigenvalue weighted by molar-refractivity contribution is 7.80. The summed E-state index contributed by atoms with van der Waals surface area (Å²) in [6.45, 7) is 7.87. The molecule has 1 fully saturated rings. The molecule has 200 valence electrons. The second kappa shape index (κ2) is 10.7. The maximum Gasteiger partial charge on any atom is 0.221 e. The number of ether oxygens (including phenoxy) is 1. The predicted octanol–water partition coefficient (Wildman–Crippen LogP) is 6.60. The topological polar surface area (TPSA) is 71.4 Å². The summed E-state index contributed by atoms with van der Waals surface area (Å²) in [7, 11) is 1.58. The number of anilines is 2. The molecule has 0 radical (unpaired) electrons. The van der Waals surface area contributed by atoms with Gasteiger partial charge >= 0.3 is 0 Å². The van der Waals surface area contributed by atoms with Crippen molar-refractivity contribution in [3.05, 3.63) is 100 Å². The second-order valence-corrected chi connectivity index (χ2v) is 10.4. The van der Waals surface area contributed by atoms with Crippen LogP contribution in [0.3, 0.4) is 0 Å². The number of carbonyl (C=O) groups excluding carboxylic acids is 1. The summed E-state index contributed by atoms with van der Waals surface area (Å²) in [5, 5.41) is 7.67. The van der Waals surface area contributed by atoms with Crippen molar-refractivity contribution < 1.29 is 9.53 Å². The van der Waals surface area contributed by atoms with E-state index in [9.17, 15) is 4.79 Å². The molecule has 39 heavy (non-hydrogen) atoms. The monoisotopic (exact) mass is 559 g/mol. The molecule has 2 aromatic heterocycles. The van der Waals surface area contributed by atoms with Crippen LogP contribution in [-0.4, -0.2) is 27.7 Å². The van der Waals surface area contributed by atoms with E-state index < -0.39 is 0 Å². The Labute approximate surface area is 238 Å². The fourth-order valence-electron chi connectivity index (χ4n) is 5.50. The minimum Gasteiger partial charge on any atom is -0.495 e. The number of amides is 1. The summed E-state index contributed by atoms with van der Waals surface area (Å²) in [4.78, 5) is 18.7. The number of benzene rings is 2. The van der Waals surface area contributed by atoms with Crippen molar-refractivity contribution in [2.75, 3.05) is 17.3 Å². The van der Waals surface area contributed by atoms with Crippen molar-refractivity contribution in [2.24, 2.45) is 0 Å². The summed E-state index contributed by atoms with van der Waals surface area (Å²) in [5.74, 6) is 0.386. The third-order valence-electron chi connectivity index (χ3n) is 7.24. The molecule has 2 aromatic carbocycles. The Morgan fingerprint density at radius 1 is 1.05 bits per heavy atom. The SMILES string of the molecule is COc1ccc(N2C(=S)NC(c3ccccn3)C2c2c(C)c(C)n(-c3cccc(Cl)c3)c2C)cc1NC(C)=O. The van der Waals surface area contributed by atoms with Crippen LogP contribution >= 0.6 is 23.8 Å². The molecule has 2 atom stereocenters. The van der Waals surface area contributed by atoms with E-state index in [1.54, 1.807) is 13.3 Å². The lowest BCUT2D eigenvalue weighted by atomic mass is 9.93. The Morgan fingerprint density at radius 2 is 1.85 bits per heavy atom. The zero-order chi connectivity index (χ0) is 27.8. The van der Waals surface area contributed by atoms with Crippen molar-refractivity contribution in [1.29, 1.82) is 0 Å². The van der Waals surface area contributed by atoms with Gasteiger partial charge in [-0.05, 0) is 87.1 Å². The molecule has 1 aliphatic rings. The molecule has 7 nitrogen and oxygen atoms in total. The first kappa shape index (κ1) is 26.7. The lowest BCUT2D eigenvalue weighted by molar-refractivity contribution is -0.114. The molecular formula is C30H30ClN5O2S. The summed E-state index contributed by atoms with van der Waals surface area (Å²) >= 11 is 12.3. The average molecular weight is 560 g/mol. The molecule has 2 unspecified atom stereocenters. The quantitative estimate of drug-likeness (QED) is 0.259. The van der Waals surface area contributed by atoms with Gasteiger partial charge in [-0.2, -0.15) is 0 Å². The van der Waals surface area contributed by atoms with E-state index in [1.165, 1.54) is 6.92 Å². The zero-order valence-corrected chi connectivity index (χ0v) is 24.0. The summed E-state index contributed by atoms with van der Waals surface area (Å²) in [5.41, 5.74) is 7.80. The van der Waals surface area contributed by atoms with Crippen LogP contribution in [0.25, 0.3) is 5.69 Å². The molecule has 9 heteroatoms. The van der Waals surface area contributed by atoms with Gasteiger partial charge in [0.15, 0.2) is 5.11 Å². The van der Waals surface area contributed by atoms with Crippen LogP contribution in [0.4, 0.5) is 11.4 Å². The number of thiocarbonyl (C=S) groups is 1. The van der Waals surface area contributed by atoms with Gasteiger partial charge in [0.05, 0.1) is 30.6 Å². The van der Waals surface area contributed by atoms with E-state index in [-0.39, 0.29) is 18.0 Å². The Hall–Kier alpha value is -3.88. The number of pyridine rings is 1. The van der Waals surface area contributed by atoms with E-state index in [2.05, 4.69) is 46.9 Å². The number of nitrogens with one attached hydrogen (secondary N) is 2. The standard InChI is InChI=1S/C30H30ClN5O2S/c1-17-18(2)35(22-10-8-9-21(31)15-22)19(3)27(17)29-28(24-11-6-7-14-32-24)34-30(39)36(29)23-12-13-26(38-5)25(16-23)33-20(4)37/h6-16,28-29H,1-5H3,(H,33,37)(H,34,39). The van der Waals surface area contributed by atoms with Crippen LogP contribution in [0, 0.1) is 20.8 Å². The van der Waals surface area contributed by atoms with E-state index in [1.807, 2.05) is 54.6 Å². The highest BCUT2D eigenvalue weighted by Gasteiger charge is 2.43. The molecule has 0 saturated carbocycles. The van der Waals surface area contributed by atoms with Crippen molar-refractivity contribution in [2.45, 2.75) is 39.8 Å². The van der Waals surface area contributed by atoms with Crippen LogP contribution in [0.2, 0.25) is 5.02 Å². The molecule has 4 aromatic rings. The minimum atomic E-state index is -0.217. The molecule has 5 rings (SSSR count). The Bertz CT molecular complexity index is 1570. The highest BCUT2D eigenvalue weighted by atomic mass is 35.5. The molecule has 0 aliphatic carbocycles. The van der Waals surface area contributed by atoms with E-state index in [0.29, 0.717) is 21.6 Å². The normalized spacial score (nSPS) is 16.8. The van der Waals surface area contributed by atoms with Crippen molar-refractivity contribution >= 4 is 46.2 Å². The van der Waals surface area contributed by atoms with Gasteiger partial charge < -0.3 is 24.8 Å². The summed E-state index contributed by atoms with van der Waals surface area (Å²) in [6.07, 6.45) is 1.80. The number of carbonyl (C=O) groups is 1. The highest BCUT2D eigenvalue weighted by Crippen LogP contribution is 2.46. The summed E-state index contributed by atoms with van der Waals surface area (Å²) in [6, 6.07) is 19.0. The second-order valence-electron chi connectivity index (χ2n) is 9.59. The van der Waals surface area contributed by atoms with Gasteiger partial charge in [0, 0.05) is 46.5 Å². The molecule has 0 bridgehead atoms. The molecule has 0 spiro atoms. The van der Waals surface area contributed by atoms with Crippen molar-refractivity contribution in [3.63, 3.8) is 0 Å². The van der Waals surface area contributed by atoms with Gasteiger partial charge in [0.2, 0.25) is 5.91 Å². The molecule has 1 aliphatic heterocycles. The Balaban J connectivity index is 1.72. The van der Waals surface area contributed by atoms with Crippen LogP contribution in [0.5, 0.6) is 5.75 Å². The summed E-state index contributed by atoms with van der Waals surface area (Å²) < 4.78 is 7.74. The molecular weight excluding hydrogens is 530 g/mol. The third-order valence-corrected chi connectivity index (χ3v) is 7.79. The fraction of sp³-hybridized carbons (Fsp3) is 0.233. The lowest BCUT2D eigenvalue weighted by Crippen LogP contribution is -2.30. The van der Waals surface area contributed by atoms with Gasteiger partial charge in [-0.3, -0.25) is 9.78 Å². The number of halogens is 1. The lowest BCUT2D eigenvalue weighted by Gasteiger charge is -2.29. The molecule has 3 heterocycles. The van der Waals surface area contributed by atoms with Crippen molar-refractivity contribution in [3.8, 4) is 11.4 Å². The number of rotatable bonds is 6. The fourth-order valence-corrected chi connectivity index (χ4v) is 6.03. The number of nitrogens with zero attached hydrogens (tertiary/aromatic N) is 3. The van der Waals surface area contributed by atoms with Gasteiger partial charge in [-0.15, -0.1) is 0 Å².